The number of rotatable bonds is 9. The van der Waals surface area contributed by atoms with Crippen LogP contribution in [0.15, 0.2) is 41.8 Å². The summed E-state index contributed by atoms with van der Waals surface area (Å²) >= 11 is 1.67. The highest BCUT2D eigenvalue weighted by Crippen LogP contribution is 2.09. The van der Waals surface area contributed by atoms with Crippen LogP contribution in [0.2, 0.25) is 0 Å². The van der Waals surface area contributed by atoms with Gasteiger partial charge in [0.05, 0.1) is 19.3 Å². The van der Waals surface area contributed by atoms with Crippen molar-refractivity contribution in [2.24, 2.45) is 0 Å². The molecule has 3 nitrogen and oxygen atoms in total. The molecule has 0 aliphatic carbocycles. The maximum absolute atomic E-state index is 9.85. The molecule has 0 aliphatic heterocycles. The van der Waals surface area contributed by atoms with E-state index < -0.39 is 6.10 Å². The van der Waals surface area contributed by atoms with Crippen LogP contribution in [-0.4, -0.2) is 30.9 Å². The van der Waals surface area contributed by atoms with Crippen molar-refractivity contribution < 1.29 is 9.84 Å². The van der Waals surface area contributed by atoms with Crippen molar-refractivity contribution in [3.05, 3.63) is 57.8 Å². The summed E-state index contributed by atoms with van der Waals surface area (Å²) < 4.78 is 5.49. The molecule has 0 saturated carbocycles. The Morgan fingerprint density at radius 3 is 2.86 bits per heavy atom. The van der Waals surface area contributed by atoms with Crippen molar-refractivity contribution in [1.82, 2.24) is 5.32 Å². The van der Waals surface area contributed by atoms with Gasteiger partial charge in [0, 0.05) is 11.4 Å². The summed E-state index contributed by atoms with van der Waals surface area (Å²) in [5.74, 6) is 0. The molecular formula is C17H23NO2S. The molecule has 2 N–H and O–H groups in total. The molecule has 0 spiro atoms. The van der Waals surface area contributed by atoms with Crippen LogP contribution in [0.4, 0.5) is 0 Å². The van der Waals surface area contributed by atoms with Crippen molar-refractivity contribution in [1.29, 1.82) is 0 Å². The molecule has 0 fully saturated rings. The van der Waals surface area contributed by atoms with Gasteiger partial charge in [-0.2, -0.15) is 0 Å². The number of aryl methyl sites for hydroxylation is 1. The topological polar surface area (TPSA) is 41.5 Å². The summed E-state index contributed by atoms with van der Waals surface area (Å²) in [4.78, 5) is 1.19. The maximum atomic E-state index is 9.85. The Morgan fingerprint density at radius 1 is 1.24 bits per heavy atom. The van der Waals surface area contributed by atoms with Gasteiger partial charge >= 0.3 is 0 Å². The van der Waals surface area contributed by atoms with Gasteiger partial charge in [-0.3, -0.25) is 0 Å². The molecule has 1 unspecified atom stereocenters. The average molecular weight is 305 g/mol. The Hall–Kier alpha value is -1.20. The Bertz CT molecular complexity index is 513. The molecule has 0 bridgehead atoms. The predicted octanol–water partition coefficient (Wildman–Crippen LogP) is 2.77. The van der Waals surface area contributed by atoms with Crippen molar-refractivity contribution in [3.63, 3.8) is 0 Å². The lowest BCUT2D eigenvalue weighted by molar-refractivity contribution is 0.0300. The fourth-order valence-electron chi connectivity index (χ4n) is 2.13. The van der Waals surface area contributed by atoms with Crippen LogP contribution in [0.25, 0.3) is 0 Å². The lowest BCUT2D eigenvalue weighted by Crippen LogP contribution is -2.31. The number of benzene rings is 1. The second kappa shape index (κ2) is 8.95. The SMILES string of the molecule is Cc1ccccc1CCNCC(O)COCc1cccs1. The summed E-state index contributed by atoms with van der Waals surface area (Å²) in [6, 6.07) is 12.4. The largest absolute Gasteiger partial charge is 0.389 e. The standard InChI is InChI=1S/C17H23NO2S/c1-14-5-2-3-6-15(14)8-9-18-11-16(19)12-20-13-17-7-4-10-21-17/h2-7,10,16,18-19H,8-9,11-13H2,1H3. The van der Waals surface area contributed by atoms with E-state index in [4.69, 9.17) is 4.74 Å². The van der Waals surface area contributed by atoms with Gasteiger partial charge in [-0.15, -0.1) is 11.3 Å². The van der Waals surface area contributed by atoms with Crippen molar-refractivity contribution in [2.75, 3.05) is 19.7 Å². The predicted molar refractivity (Wildman–Crippen MR) is 87.7 cm³/mol. The molecule has 114 valence electrons. The van der Waals surface area contributed by atoms with E-state index in [2.05, 4.69) is 36.5 Å². The van der Waals surface area contributed by atoms with Crippen LogP contribution < -0.4 is 5.32 Å². The average Bonchev–Trinajstić information content (AvgIpc) is 2.98. The zero-order chi connectivity index (χ0) is 14.9. The lowest BCUT2D eigenvalue weighted by atomic mass is 10.1. The van der Waals surface area contributed by atoms with E-state index in [1.54, 1.807) is 11.3 Å². The normalized spacial score (nSPS) is 12.5. The van der Waals surface area contributed by atoms with Crippen molar-refractivity contribution in [3.8, 4) is 0 Å². The third-order valence-electron chi connectivity index (χ3n) is 3.35. The quantitative estimate of drug-likeness (QED) is 0.700. The van der Waals surface area contributed by atoms with Gasteiger partial charge in [0.2, 0.25) is 0 Å². The molecule has 0 radical (unpaired) electrons. The minimum atomic E-state index is -0.457. The molecule has 1 heterocycles. The molecule has 1 aromatic heterocycles. The second-order valence-corrected chi connectivity index (χ2v) is 6.16. The Balaban J connectivity index is 1.55. The van der Waals surface area contributed by atoms with E-state index in [-0.39, 0.29) is 0 Å². The first-order valence-electron chi connectivity index (χ1n) is 7.29. The molecule has 2 aromatic rings. The van der Waals surface area contributed by atoms with Crippen LogP contribution in [-0.2, 0) is 17.8 Å². The number of nitrogens with one attached hydrogen (secondary N) is 1. The molecule has 4 heteroatoms. The highest BCUT2D eigenvalue weighted by Gasteiger charge is 2.04. The summed E-state index contributed by atoms with van der Waals surface area (Å²) in [5, 5.41) is 15.2. The monoisotopic (exact) mass is 305 g/mol. The number of hydrogen-bond acceptors (Lipinski definition) is 4. The maximum Gasteiger partial charge on any atom is 0.0897 e. The molecule has 1 aromatic carbocycles. The smallest absolute Gasteiger partial charge is 0.0897 e. The molecule has 2 rings (SSSR count). The number of hydrogen-bond donors (Lipinski definition) is 2. The summed E-state index contributed by atoms with van der Waals surface area (Å²) in [6.07, 6.45) is 0.525. The van der Waals surface area contributed by atoms with E-state index in [0.717, 1.165) is 13.0 Å². The van der Waals surface area contributed by atoms with E-state index in [1.807, 2.05) is 17.5 Å². The van der Waals surface area contributed by atoms with Gasteiger partial charge < -0.3 is 15.2 Å². The first kappa shape index (κ1) is 16.2. The second-order valence-electron chi connectivity index (χ2n) is 5.13. The van der Waals surface area contributed by atoms with Crippen LogP contribution in [0.1, 0.15) is 16.0 Å². The summed E-state index contributed by atoms with van der Waals surface area (Å²) in [7, 11) is 0. The fourth-order valence-corrected chi connectivity index (χ4v) is 2.77. The fraction of sp³-hybridized carbons (Fsp3) is 0.412. The van der Waals surface area contributed by atoms with Gasteiger partial charge in [-0.1, -0.05) is 30.3 Å². The molecule has 0 saturated heterocycles. The van der Waals surface area contributed by atoms with Gasteiger partial charge in [0.15, 0.2) is 0 Å². The van der Waals surface area contributed by atoms with E-state index >= 15 is 0 Å². The number of aliphatic hydroxyl groups excluding tert-OH is 1. The van der Waals surface area contributed by atoms with E-state index in [1.165, 1.54) is 16.0 Å². The molecule has 1 atom stereocenters. The number of thiophene rings is 1. The minimum Gasteiger partial charge on any atom is -0.389 e. The Morgan fingerprint density at radius 2 is 2.10 bits per heavy atom. The molecule has 0 amide bonds. The van der Waals surface area contributed by atoms with Crippen LogP contribution in [0.3, 0.4) is 0 Å². The molecule has 0 aliphatic rings. The Labute approximate surface area is 130 Å². The molecular weight excluding hydrogens is 282 g/mol. The first-order valence-corrected chi connectivity index (χ1v) is 8.17. The number of aliphatic hydroxyl groups is 1. The first-order chi connectivity index (χ1) is 10.3. The molecule has 21 heavy (non-hydrogen) atoms. The van der Waals surface area contributed by atoms with Gasteiger partial charge in [-0.25, -0.2) is 0 Å². The highest BCUT2D eigenvalue weighted by atomic mass is 32.1. The van der Waals surface area contributed by atoms with Gasteiger partial charge in [0.1, 0.15) is 0 Å². The third kappa shape index (κ3) is 5.98. The summed E-state index contributed by atoms with van der Waals surface area (Å²) in [5.41, 5.74) is 2.67. The minimum absolute atomic E-state index is 0.370. The lowest BCUT2D eigenvalue weighted by Gasteiger charge is -2.12. The summed E-state index contributed by atoms with van der Waals surface area (Å²) in [6.45, 7) is 4.51. The van der Waals surface area contributed by atoms with Crippen molar-refractivity contribution in [2.45, 2.75) is 26.1 Å². The zero-order valence-corrected chi connectivity index (χ0v) is 13.2. The van der Waals surface area contributed by atoms with Gasteiger partial charge in [0.25, 0.3) is 0 Å². The van der Waals surface area contributed by atoms with Crippen LogP contribution in [0.5, 0.6) is 0 Å². The highest BCUT2D eigenvalue weighted by molar-refractivity contribution is 7.09. The Kier molecular flexibility index (Phi) is 6.89. The number of ether oxygens (including phenoxy) is 1. The van der Waals surface area contributed by atoms with E-state index in [9.17, 15) is 5.11 Å². The zero-order valence-electron chi connectivity index (χ0n) is 12.4. The van der Waals surface area contributed by atoms with Crippen molar-refractivity contribution >= 4 is 11.3 Å². The van der Waals surface area contributed by atoms with E-state index in [0.29, 0.717) is 19.8 Å². The van der Waals surface area contributed by atoms with Gasteiger partial charge in [-0.05, 0) is 42.5 Å². The van der Waals surface area contributed by atoms with Crippen LogP contribution >= 0.6 is 11.3 Å². The third-order valence-corrected chi connectivity index (χ3v) is 4.20. The van der Waals surface area contributed by atoms with Crippen LogP contribution in [0, 0.1) is 6.92 Å².